The van der Waals surface area contributed by atoms with E-state index in [1.807, 2.05) is 0 Å². The quantitative estimate of drug-likeness (QED) is 0.434. The maximum Gasteiger partial charge on any atom is 0.141 e. The van der Waals surface area contributed by atoms with Crippen molar-refractivity contribution >= 4 is 5.82 Å². The second-order valence-electron chi connectivity index (χ2n) is 3.28. The molecule has 6 N–H and O–H groups in total. The number of nitrogens with one attached hydrogen (secondary N) is 2. The van der Waals surface area contributed by atoms with Gasteiger partial charge in [-0.15, -0.1) is 0 Å². The average Bonchev–Trinajstić information content (AvgIpc) is 2.67. The van der Waals surface area contributed by atoms with Crippen LogP contribution in [0, 0.1) is 5.82 Å². The lowest BCUT2D eigenvalue weighted by Crippen LogP contribution is -2.29. The minimum atomic E-state index is -0.443. The molecule has 16 heavy (non-hydrogen) atoms. The van der Waals surface area contributed by atoms with Gasteiger partial charge >= 0.3 is 0 Å². The Morgan fingerprint density at radius 3 is 2.75 bits per heavy atom. The fraction of sp³-hybridized carbons (Fsp3) is 0.111. The van der Waals surface area contributed by atoms with E-state index in [1.54, 1.807) is 0 Å². The van der Waals surface area contributed by atoms with Gasteiger partial charge in [-0.1, -0.05) is 0 Å². The van der Waals surface area contributed by atoms with Crippen LogP contribution in [-0.4, -0.2) is 15.2 Å². The average molecular weight is 222 g/mol. The van der Waals surface area contributed by atoms with Gasteiger partial charge in [-0.2, -0.15) is 5.10 Å². The molecule has 6 nitrogen and oxygen atoms in total. The number of nitrogen functional groups attached to an aromatic ring is 1. The number of pyridine rings is 1. The Bertz CT molecular complexity index is 482. The van der Waals surface area contributed by atoms with E-state index < -0.39 is 11.9 Å². The molecule has 0 aliphatic heterocycles. The maximum atomic E-state index is 13.0. The Balaban J connectivity index is 2.40. The fourth-order valence-corrected chi connectivity index (χ4v) is 1.49. The molecule has 2 aromatic rings. The lowest BCUT2D eigenvalue weighted by Gasteiger charge is -2.14. The summed E-state index contributed by atoms with van der Waals surface area (Å²) >= 11 is 0. The van der Waals surface area contributed by atoms with E-state index in [0.29, 0.717) is 16.9 Å². The number of hydrazine groups is 1. The van der Waals surface area contributed by atoms with Crippen molar-refractivity contribution in [2.24, 2.45) is 5.84 Å². The molecule has 2 aromatic heterocycles. The van der Waals surface area contributed by atoms with Crippen LogP contribution in [0.2, 0.25) is 0 Å². The van der Waals surface area contributed by atoms with E-state index in [2.05, 4.69) is 20.6 Å². The van der Waals surface area contributed by atoms with Crippen LogP contribution < -0.4 is 17.0 Å². The summed E-state index contributed by atoms with van der Waals surface area (Å²) in [5.74, 6) is 5.37. The predicted molar refractivity (Wildman–Crippen MR) is 56.4 cm³/mol. The largest absolute Gasteiger partial charge is 0.384 e. The summed E-state index contributed by atoms with van der Waals surface area (Å²) in [4.78, 5) is 3.75. The summed E-state index contributed by atoms with van der Waals surface area (Å²) in [5, 5.41) is 6.36. The minimum absolute atomic E-state index is 0.382. The van der Waals surface area contributed by atoms with Gasteiger partial charge in [0.25, 0.3) is 0 Å². The molecule has 1 unspecified atom stereocenters. The van der Waals surface area contributed by atoms with Crippen LogP contribution in [-0.2, 0) is 0 Å². The number of hydrogen-bond acceptors (Lipinski definition) is 5. The van der Waals surface area contributed by atoms with Gasteiger partial charge in [0.15, 0.2) is 0 Å². The second kappa shape index (κ2) is 4.25. The van der Waals surface area contributed by atoms with Crippen LogP contribution in [0.3, 0.4) is 0 Å². The predicted octanol–water partition coefficient (Wildman–Crippen LogP) is 0.0787. The van der Waals surface area contributed by atoms with E-state index in [1.165, 1.54) is 18.5 Å². The van der Waals surface area contributed by atoms with E-state index in [0.717, 1.165) is 6.20 Å². The molecular weight excluding hydrogens is 211 g/mol. The molecule has 0 bridgehead atoms. The summed E-state index contributed by atoms with van der Waals surface area (Å²) in [6.45, 7) is 0. The number of H-pyrrole nitrogens is 1. The molecule has 1 atom stereocenters. The molecule has 0 aliphatic rings. The zero-order valence-corrected chi connectivity index (χ0v) is 8.31. The van der Waals surface area contributed by atoms with Gasteiger partial charge in [0.2, 0.25) is 0 Å². The SMILES string of the molecule is NNC(c1cncc(F)c1)c1cn[nH]c1N. The lowest BCUT2D eigenvalue weighted by molar-refractivity contribution is 0.598. The number of nitrogens with two attached hydrogens (primary N) is 2. The van der Waals surface area contributed by atoms with Crippen LogP contribution >= 0.6 is 0 Å². The first-order valence-corrected chi connectivity index (χ1v) is 4.57. The smallest absolute Gasteiger partial charge is 0.141 e. The van der Waals surface area contributed by atoms with Crippen molar-refractivity contribution in [3.8, 4) is 0 Å². The van der Waals surface area contributed by atoms with Gasteiger partial charge in [-0.3, -0.25) is 15.9 Å². The van der Waals surface area contributed by atoms with E-state index in [-0.39, 0.29) is 0 Å². The third kappa shape index (κ3) is 1.86. The highest BCUT2D eigenvalue weighted by atomic mass is 19.1. The summed E-state index contributed by atoms with van der Waals surface area (Å²) < 4.78 is 13.0. The molecule has 2 heterocycles. The molecule has 0 fully saturated rings. The highest BCUT2D eigenvalue weighted by molar-refractivity contribution is 5.43. The van der Waals surface area contributed by atoms with E-state index >= 15 is 0 Å². The molecule has 2 rings (SSSR count). The van der Waals surface area contributed by atoms with Crippen molar-refractivity contribution in [2.75, 3.05) is 5.73 Å². The van der Waals surface area contributed by atoms with Crippen LogP contribution in [0.15, 0.2) is 24.7 Å². The summed E-state index contributed by atoms with van der Waals surface area (Å²) in [6, 6.07) is 0.895. The number of halogens is 1. The Labute approximate surface area is 90.8 Å². The Morgan fingerprint density at radius 1 is 1.38 bits per heavy atom. The van der Waals surface area contributed by atoms with Crippen molar-refractivity contribution in [2.45, 2.75) is 6.04 Å². The molecular formula is C9H11FN6. The number of rotatable bonds is 3. The van der Waals surface area contributed by atoms with E-state index in [4.69, 9.17) is 11.6 Å². The highest BCUT2D eigenvalue weighted by Gasteiger charge is 2.17. The van der Waals surface area contributed by atoms with Gasteiger partial charge < -0.3 is 5.73 Å². The molecule has 0 radical (unpaired) electrons. The van der Waals surface area contributed by atoms with Gasteiger partial charge in [-0.25, -0.2) is 9.82 Å². The monoisotopic (exact) mass is 222 g/mol. The molecule has 0 amide bonds. The standard InChI is InChI=1S/C9H11FN6/c10-6-1-5(2-13-3-6)8(15-12)7-4-14-16-9(7)11/h1-4,8,15H,12H2,(H3,11,14,16). The zero-order chi connectivity index (χ0) is 11.5. The minimum Gasteiger partial charge on any atom is -0.384 e. The van der Waals surface area contributed by atoms with Crippen LogP contribution in [0.25, 0.3) is 0 Å². The van der Waals surface area contributed by atoms with Gasteiger partial charge in [0.1, 0.15) is 11.6 Å². The van der Waals surface area contributed by atoms with Crippen molar-refractivity contribution in [3.63, 3.8) is 0 Å². The van der Waals surface area contributed by atoms with Crippen molar-refractivity contribution in [1.29, 1.82) is 0 Å². The van der Waals surface area contributed by atoms with Crippen LogP contribution in [0.4, 0.5) is 10.2 Å². The Morgan fingerprint density at radius 2 is 2.19 bits per heavy atom. The van der Waals surface area contributed by atoms with Crippen LogP contribution in [0.1, 0.15) is 17.2 Å². The first kappa shape index (κ1) is 10.5. The second-order valence-corrected chi connectivity index (χ2v) is 3.28. The first-order chi connectivity index (χ1) is 7.72. The summed E-state index contributed by atoms with van der Waals surface area (Å²) in [7, 11) is 0. The molecule has 0 saturated heterocycles. The summed E-state index contributed by atoms with van der Waals surface area (Å²) in [5.41, 5.74) is 9.43. The topological polar surface area (TPSA) is 106 Å². The molecule has 0 saturated carbocycles. The molecule has 0 aromatic carbocycles. The third-order valence-electron chi connectivity index (χ3n) is 2.24. The molecule has 7 heteroatoms. The Kier molecular flexibility index (Phi) is 2.80. The number of anilines is 1. The summed E-state index contributed by atoms with van der Waals surface area (Å²) in [6.07, 6.45) is 4.17. The maximum absolute atomic E-state index is 13.0. The molecule has 0 aliphatic carbocycles. The number of aromatic amines is 1. The number of aromatic nitrogens is 3. The number of nitrogens with zero attached hydrogens (tertiary/aromatic N) is 2. The van der Waals surface area contributed by atoms with Gasteiger partial charge in [0, 0.05) is 11.8 Å². The van der Waals surface area contributed by atoms with E-state index in [9.17, 15) is 4.39 Å². The Hall–Kier alpha value is -1.99. The van der Waals surface area contributed by atoms with Crippen LogP contribution in [0.5, 0.6) is 0 Å². The van der Waals surface area contributed by atoms with Gasteiger partial charge in [0.05, 0.1) is 18.4 Å². The molecule has 84 valence electrons. The molecule has 0 spiro atoms. The lowest BCUT2D eigenvalue weighted by atomic mass is 10.0. The number of hydrogen-bond donors (Lipinski definition) is 4. The van der Waals surface area contributed by atoms with Crippen molar-refractivity contribution < 1.29 is 4.39 Å². The third-order valence-corrected chi connectivity index (χ3v) is 2.24. The van der Waals surface area contributed by atoms with Gasteiger partial charge in [-0.05, 0) is 11.6 Å². The normalized spacial score (nSPS) is 12.6. The first-order valence-electron chi connectivity index (χ1n) is 4.57. The highest BCUT2D eigenvalue weighted by Crippen LogP contribution is 2.24. The zero-order valence-electron chi connectivity index (χ0n) is 8.31. The van der Waals surface area contributed by atoms with Crippen molar-refractivity contribution in [1.82, 2.24) is 20.6 Å². The fourth-order valence-electron chi connectivity index (χ4n) is 1.49. The van der Waals surface area contributed by atoms with Crippen molar-refractivity contribution in [3.05, 3.63) is 41.6 Å².